The normalized spacial score (nSPS) is 17.2. The van der Waals surface area contributed by atoms with Crippen LogP contribution < -0.4 is 15.1 Å². The highest BCUT2D eigenvalue weighted by atomic mass is 16.5. The first-order valence-electron chi connectivity index (χ1n) is 6.86. The minimum atomic E-state index is -0.429. The molecule has 0 saturated carbocycles. The molecular formula is C16H17NO4. The molecule has 0 radical (unpaired) electrons. The SMILES string of the molecule is Cc1ccc2c(c1)O[C@H](C)CN2Cc1cc(=O)c(O)co1. The summed E-state index contributed by atoms with van der Waals surface area (Å²) < 4.78 is 11.1. The van der Waals surface area contributed by atoms with Gasteiger partial charge in [-0.15, -0.1) is 0 Å². The van der Waals surface area contributed by atoms with Crippen molar-refractivity contribution in [3.05, 3.63) is 52.1 Å². The molecule has 2 heterocycles. The van der Waals surface area contributed by atoms with E-state index < -0.39 is 5.43 Å². The largest absolute Gasteiger partial charge is 0.502 e. The second-order valence-corrected chi connectivity index (χ2v) is 5.38. The second kappa shape index (κ2) is 5.16. The molecule has 2 aromatic rings. The molecule has 21 heavy (non-hydrogen) atoms. The van der Waals surface area contributed by atoms with Gasteiger partial charge in [-0.25, -0.2) is 0 Å². The van der Waals surface area contributed by atoms with Gasteiger partial charge in [-0.3, -0.25) is 4.79 Å². The van der Waals surface area contributed by atoms with Crippen molar-refractivity contribution in [3.8, 4) is 11.5 Å². The molecule has 0 spiro atoms. The van der Waals surface area contributed by atoms with Crippen LogP contribution in [0.2, 0.25) is 0 Å². The number of hydrogen-bond acceptors (Lipinski definition) is 5. The average molecular weight is 287 g/mol. The molecule has 0 unspecified atom stereocenters. The lowest BCUT2D eigenvalue weighted by molar-refractivity contribution is 0.210. The van der Waals surface area contributed by atoms with Crippen LogP contribution in [0.3, 0.4) is 0 Å². The number of anilines is 1. The Morgan fingerprint density at radius 1 is 1.38 bits per heavy atom. The van der Waals surface area contributed by atoms with Gasteiger partial charge in [0.15, 0.2) is 5.75 Å². The lowest BCUT2D eigenvalue weighted by Gasteiger charge is -2.34. The van der Waals surface area contributed by atoms with Crippen molar-refractivity contribution < 1.29 is 14.3 Å². The van der Waals surface area contributed by atoms with Crippen LogP contribution >= 0.6 is 0 Å². The first kappa shape index (κ1) is 13.5. The highest BCUT2D eigenvalue weighted by Gasteiger charge is 2.23. The van der Waals surface area contributed by atoms with Crippen LogP contribution in [-0.4, -0.2) is 17.8 Å². The lowest BCUT2D eigenvalue weighted by atomic mass is 10.1. The van der Waals surface area contributed by atoms with Crippen molar-refractivity contribution in [2.24, 2.45) is 0 Å². The first-order chi connectivity index (χ1) is 10.0. The molecule has 5 nitrogen and oxygen atoms in total. The molecular weight excluding hydrogens is 270 g/mol. The van der Waals surface area contributed by atoms with Crippen LogP contribution in [0.15, 0.2) is 39.7 Å². The number of benzene rings is 1. The smallest absolute Gasteiger partial charge is 0.226 e. The number of hydrogen-bond donors (Lipinski definition) is 1. The third-order valence-electron chi connectivity index (χ3n) is 3.47. The molecule has 0 aliphatic carbocycles. The molecule has 0 bridgehead atoms. The minimum Gasteiger partial charge on any atom is -0.502 e. The topological polar surface area (TPSA) is 62.9 Å². The van der Waals surface area contributed by atoms with Gasteiger partial charge in [-0.05, 0) is 31.5 Å². The number of fused-ring (bicyclic) bond motifs is 1. The molecule has 1 N–H and O–H groups in total. The van der Waals surface area contributed by atoms with E-state index in [1.165, 1.54) is 6.07 Å². The van der Waals surface area contributed by atoms with Gasteiger partial charge in [0.2, 0.25) is 5.43 Å². The molecule has 110 valence electrons. The highest BCUT2D eigenvalue weighted by molar-refractivity contribution is 5.61. The van der Waals surface area contributed by atoms with Gasteiger partial charge in [0.1, 0.15) is 23.9 Å². The van der Waals surface area contributed by atoms with Crippen molar-refractivity contribution in [1.82, 2.24) is 0 Å². The summed E-state index contributed by atoms with van der Waals surface area (Å²) in [4.78, 5) is 13.6. The summed E-state index contributed by atoms with van der Waals surface area (Å²) in [5, 5.41) is 9.24. The van der Waals surface area contributed by atoms with E-state index in [1.54, 1.807) is 0 Å². The molecule has 5 heteroatoms. The zero-order valence-corrected chi connectivity index (χ0v) is 12.0. The molecule has 0 saturated heterocycles. The summed E-state index contributed by atoms with van der Waals surface area (Å²) in [5.74, 6) is 0.985. The maximum absolute atomic E-state index is 11.5. The summed E-state index contributed by atoms with van der Waals surface area (Å²) in [7, 11) is 0. The van der Waals surface area contributed by atoms with Gasteiger partial charge >= 0.3 is 0 Å². The minimum absolute atomic E-state index is 0.0585. The molecule has 3 rings (SSSR count). The summed E-state index contributed by atoms with van der Waals surface area (Å²) >= 11 is 0. The first-order valence-corrected chi connectivity index (χ1v) is 6.86. The Kier molecular flexibility index (Phi) is 3.33. The Balaban J connectivity index is 1.92. The van der Waals surface area contributed by atoms with Gasteiger partial charge in [-0.2, -0.15) is 0 Å². The molecule has 0 amide bonds. The monoisotopic (exact) mass is 287 g/mol. The van der Waals surface area contributed by atoms with Gasteiger partial charge in [0.05, 0.1) is 18.8 Å². The molecule has 1 aromatic carbocycles. The quantitative estimate of drug-likeness (QED) is 0.919. The van der Waals surface area contributed by atoms with E-state index >= 15 is 0 Å². The van der Waals surface area contributed by atoms with Gasteiger partial charge in [-0.1, -0.05) is 6.07 Å². The van der Waals surface area contributed by atoms with Gasteiger partial charge in [0, 0.05) is 6.07 Å². The van der Waals surface area contributed by atoms with Gasteiger partial charge in [0.25, 0.3) is 0 Å². The van der Waals surface area contributed by atoms with Crippen LogP contribution in [0, 0.1) is 6.92 Å². The molecule has 1 aliphatic heterocycles. The third-order valence-corrected chi connectivity index (χ3v) is 3.47. The summed E-state index contributed by atoms with van der Waals surface area (Å²) in [6, 6.07) is 7.36. The lowest BCUT2D eigenvalue weighted by Crippen LogP contribution is -2.38. The van der Waals surface area contributed by atoms with E-state index in [9.17, 15) is 9.90 Å². The fraction of sp³-hybridized carbons (Fsp3) is 0.312. The fourth-order valence-electron chi connectivity index (χ4n) is 2.50. The summed E-state index contributed by atoms with van der Waals surface area (Å²) in [6.45, 7) is 5.19. The predicted molar refractivity (Wildman–Crippen MR) is 79.0 cm³/mol. The maximum Gasteiger partial charge on any atom is 0.226 e. The molecule has 1 aromatic heterocycles. The van der Waals surface area contributed by atoms with E-state index in [2.05, 4.69) is 4.90 Å². The number of aryl methyl sites for hydroxylation is 1. The molecule has 1 aliphatic rings. The van der Waals surface area contributed by atoms with E-state index in [4.69, 9.17) is 9.15 Å². The van der Waals surface area contributed by atoms with E-state index in [0.717, 1.165) is 23.3 Å². The van der Waals surface area contributed by atoms with Crippen LogP contribution in [0.25, 0.3) is 0 Å². The maximum atomic E-state index is 11.5. The van der Waals surface area contributed by atoms with Crippen molar-refractivity contribution in [2.45, 2.75) is 26.5 Å². The number of rotatable bonds is 2. The van der Waals surface area contributed by atoms with Crippen LogP contribution in [0.1, 0.15) is 18.2 Å². The number of aromatic hydroxyl groups is 1. The van der Waals surface area contributed by atoms with Crippen molar-refractivity contribution >= 4 is 5.69 Å². The standard InChI is InChI=1S/C16H17NO4/c1-10-3-4-13-16(5-10)21-11(2)7-17(13)8-12-6-14(18)15(19)9-20-12/h3-6,9,11,19H,7-8H2,1-2H3/t11-/m1/s1. The Labute approximate surface area is 122 Å². The van der Waals surface area contributed by atoms with E-state index in [-0.39, 0.29) is 11.9 Å². The van der Waals surface area contributed by atoms with Crippen LogP contribution in [0.5, 0.6) is 11.5 Å². The Morgan fingerprint density at radius 3 is 2.95 bits per heavy atom. The molecule has 1 atom stereocenters. The van der Waals surface area contributed by atoms with E-state index in [1.807, 2.05) is 32.0 Å². The highest BCUT2D eigenvalue weighted by Crippen LogP contribution is 2.35. The number of nitrogens with zero attached hydrogens (tertiary/aromatic N) is 1. The van der Waals surface area contributed by atoms with Crippen LogP contribution in [-0.2, 0) is 6.54 Å². The zero-order chi connectivity index (χ0) is 15.0. The fourth-order valence-corrected chi connectivity index (χ4v) is 2.50. The van der Waals surface area contributed by atoms with Crippen molar-refractivity contribution in [3.63, 3.8) is 0 Å². The van der Waals surface area contributed by atoms with Crippen LogP contribution in [0.4, 0.5) is 5.69 Å². The average Bonchev–Trinajstić information content (AvgIpc) is 2.42. The predicted octanol–water partition coefficient (Wildman–Crippen LogP) is 2.44. The van der Waals surface area contributed by atoms with Crippen molar-refractivity contribution in [2.75, 3.05) is 11.4 Å². The van der Waals surface area contributed by atoms with Gasteiger partial charge < -0.3 is 19.2 Å². The van der Waals surface area contributed by atoms with Crippen molar-refractivity contribution in [1.29, 1.82) is 0 Å². The Bertz CT molecular complexity index is 722. The zero-order valence-electron chi connectivity index (χ0n) is 12.0. The molecule has 0 fully saturated rings. The number of ether oxygens (including phenoxy) is 1. The van der Waals surface area contributed by atoms with E-state index in [0.29, 0.717) is 18.8 Å². The second-order valence-electron chi connectivity index (χ2n) is 5.38. The summed E-state index contributed by atoms with van der Waals surface area (Å²) in [5.41, 5.74) is 1.69. The Morgan fingerprint density at radius 2 is 2.19 bits per heavy atom. The summed E-state index contributed by atoms with van der Waals surface area (Å²) in [6.07, 6.45) is 1.14. The third kappa shape index (κ3) is 2.72. The Hall–Kier alpha value is -2.43.